The smallest absolute Gasteiger partial charge is 0.241 e. The number of amides is 1. The van der Waals surface area contributed by atoms with E-state index in [1.165, 1.54) is 0 Å². The zero-order chi connectivity index (χ0) is 14.4. The molecule has 0 aliphatic rings. The van der Waals surface area contributed by atoms with Crippen molar-refractivity contribution in [2.45, 2.75) is 6.04 Å². The van der Waals surface area contributed by atoms with Gasteiger partial charge < -0.3 is 15.4 Å². The Morgan fingerprint density at radius 1 is 0.950 bits per heavy atom. The molecule has 1 amide bonds. The van der Waals surface area contributed by atoms with Gasteiger partial charge in [0.15, 0.2) is 0 Å². The molecular weight excluding hydrogens is 252 g/mol. The summed E-state index contributed by atoms with van der Waals surface area (Å²) in [6.07, 6.45) is 0. The van der Waals surface area contributed by atoms with Crippen molar-refractivity contribution in [2.24, 2.45) is 0 Å². The fourth-order valence-electron chi connectivity index (χ4n) is 1.95. The van der Waals surface area contributed by atoms with Crippen LogP contribution in [0.4, 0.5) is 0 Å². The second kappa shape index (κ2) is 6.73. The Bertz CT molecular complexity index is 552. The van der Waals surface area contributed by atoms with Crippen LogP contribution in [0.1, 0.15) is 11.6 Å². The zero-order valence-corrected chi connectivity index (χ0v) is 11.6. The predicted octanol–water partition coefficient (Wildman–Crippen LogP) is 2.49. The number of likely N-dealkylation sites (N-methyl/N-ethyl adjacent to an activating group) is 2. The van der Waals surface area contributed by atoms with Crippen molar-refractivity contribution < 1.29 is 9.53 Å². The maximum absolute atomic E-state index is 11.7. The summed E-state index contributed by atoms with van der Waals surface area (Å²) in [7, 11) is 3.38. The van der Waals surface area contributed by atoms with Gasteiger partial charge in [-0.1, -0.05) is 30.3 Å². The van der Waals surface area contributed by atoms with Gasteiger partial charge in [0.1, 0.15) is 17.5 Å². The van der Waals surface area contributed by atoms with E-state index >= 15 is 0 Å². The first-order valence-corrected chi connectivity index (χ1v) is 6.46. The van der Waals surface area contributed by atoms with Crippen LogP contribution < -0.4 is 15.4 Å². The van der Waals surface area contributed by atoms with Crippen LogP contribution in [0.5, 0.6) is 11.5 Å². The Hall–Kier alpha value is -2.33. The largest absolute Gasteiger partial charge is 0.457 e. The minimum Gasteiger partial charge on any atom is -0.457 e. The number of carbonyl (C=O) groups excluding carboxylic acids is 1. The molecule has 104 valence electrons. The van der Waals surface area contributed by atoms with Gasteiger partial charge in [-0.2, -0.15) is 0 Å². The fraction of sp³-hybridized carbons (Fsp3) is 0.188. The Morgan fingerprint density at radius 3 is 2.10 bits per heavy atom. The first kappa shape index (κ1) is 14.1. The number of ether oxygens (including phenoxy) is 1. The molecule has 0 saturated heterocycles. The molecule has 2 aromatic carbocycles. The predicted molar refractivity (Wildman–Crippen MR) is 78.8 cm³/mol. The van der Waals surface area contributed by atoms with Crippen molar-refractivity contribution in [3.05, 3.63) is 60.2 Å². The van der Waals surface area contributed by atoms with E-state index in [-0.39, 0.29) is 11.9 Å². The third-order valence-corrected chi connectivity index (χ3v) is 2.99. The van der Waals surface area contributed by atoms with Crippen molar-refractivity contribution in [1.29, 1.82) is 0 Å². The SMILES string of the molecule is CNC(=O)C(NC)c1ccc(Oc2ccccc2)cc1. The summed E-state index contributed by atoms with van der Waals surface area (Å²) in [5, 5.41) is 5.62. The van der Waals surface area contributed by atoms with E-state index in [0.29, 0.717) is 0 Å². The Balaban J connectivity index is 2.11. The monoisotopic (exact) mass is 270 g/mol. The summed E-state index contributed by atoms with van der Waals surface area (Å²) in [5.74, 6) is 1.47. The van der Waals surface area contributed by atoms with E-state index in [4.69, 9.17) is 4.74 Å². The van der Waals surface area contributed by atoms with Crippen LogP contribution in [0, 0.1) is 0 Å². The van der Waals surface area contributed by atoms with Crippen molar-refractivity contribution >= 4 is 5.91 Å². The molecule has 0 aliphatic carbocycles. The van der Waals surface area contributed by atoms with Crippen LogP contribution in [0.25, 0.3) is 0 Å². The van der Waals surface area contributed by atoms with Crippen LogP contribution in [0.3, 0.4) is 0 Å². The van der Waals surface area contributed by atoms with Gasteiger partial charge in [0.05, 0.1) is 0 Å². The highest BCUT2D eigenvalue weighted by molar-refractivity contribution is 5.82. The molecule has 0 aromatic heterocycles. The van der Waals surface area contributed by atoms with Gasteiger partial charge >= 0.3 is 0 Å². The molecule has 0 aliphatic heterocycles. The number of hydrogen-bond acceptors (Lipinski definition) is 3. The first-order valence-electron chi connectivity index (χ1n) is 6.46. The van der Waals surface area contributed by atoms with Gasteiger partial charge in [-0.25, -0.2) is 0 Å². The van der Waals surface area contributed by atoms with Crippen molar-refractivity contribution in [2.75, 3.05) is 14.1 Å². The molecule has 0 saturated carbocycles. The first-order chi connectivity index (χ1) is 9.74. The third-order valence-electron chi connectivity index (χ3n) is 2.99. The average molecular weight is 270 g/mol. The maximum Gasteiger partial charge on any atom is 0.241 e. The number of nitrogens with one attached hydrogen (secondary N) is 2. The molecule has 20 heavy (non-hydrogen) atoms. The molecule has 2 aromatic rings. The van der Waals surface area contributed by atoms with E-state index in [2.05, 4.69) is 10.6 Å². The third kappa shape index (κ3) is 3.36. The molecule has 4 nitrogen and oxygen atoms in total. The van der Waals surface area contributed by atoms with Gasteiger partial charge in [-0.15, -0.1) is 0 Å². The lowest BCUT2D eigenvalue weighted by molar-refractivity contribution is -0.122. The quantitative estimate of drug-likeness (QED) is 0.877. The zero-order valence-electron chi connectivity index (χ0n) is 11.6. The van der Waals surface area contributed by atoms with Crippen molar-refractivity contribution in [3.8, 4) is 11.5 Å². The number of carbonyl (C=O) groups is 1. The van der Waals surface area contributed by atoms with Gasteiger partial charge in [-0.3, -0.25) is 4.79 Å². The Labute approximate surface area is 118 Å². The summed E-state index contributed by atoms with van der Waals surface area (Å²) in [6.45, 7) is 0. The summed E-state index contributed by atoms with van der Waals surface area (Å²) in [5.41, 5.74) is 0.896. The fourth-order valence-corrected chi connectivity index (χ4v) is 1.95. The highest BCUT2D eigenvalue weighted by Crippen LogP contribution is 2.23. The summed E-state index contributed by atoms with van der Waals surface area (Å²) in [6, 6.07) is 16.7. The maximum atomic E-state index is 11.7. The lowest BCUT2D eigenvalue weighted by Gasteiger charge is -2.15. The molecule has 2 N–H and O–H groups in total. The normalized spacial score (nSPS) is 11.7. The van der Waals surface area contributed by atoms with Crippen LogP contribution in [0.2, 0.25) is 0 Å². The summed E-state index contributed by atoms with van der Waals surface area (Å²) in [4.78, 5) is 11.7. The van der Waals surface area contributed by atoms with Gasteiger partial charge in [0, 0.05) is 7.05 Å². The van der Waals surface area contributed by atoms with Crippen LogP contribution in [0.15, 0.2) is 54.6 Å². The van der Waals surface area contributed by atoms with Gasteiger partial charge in [0.2, 0.25) is 5.91 Å². The van der Waals surface area contributed by atoms with E-state index in [0.717, 1.165) is 17.1 Å². The second-order valence-electron chi connectivity index (χ2n) is 4.32. The lowest BCUT2D eigenvalue weighted by atomic mass is 10.1. The lowest BCUT2D eigenvalue weighted by Crippen LogP contribution is -2.33. The van der Waals surface area contributed by atoms with E-state index in [1.54, 1.807) is 14.1 Å². The minimum atomic E-state index is -0.356. The van der Waals surface area contributed by atoms with Crippen LogP contribution in [-0.2, 0) is 4.79 Å². The second-order valence-corrected chi connectivity index (χ2v) is 4.32. The van der Waals surface area contributed by atoms with Gasteiger partial charge in [-0.05, 0) is 36.9 Å². The minimum absolute atomic E-state index is 0.0655. The molecule has 0 bridgehead atoms. The van der Waals surface area contributed by atoms with E-state index < -0.39 is 0 Å². The standard InChI is InChI=1S/C16H18N2O2/c1-17-15(16(19)18-2)12-8-10-14(11-9-12)20-13-6-4-3-5-7-13/h3-11,15,17H,1-2H3,(H,18,19). The molecule has 0 spiro atoms. The number of benzene rings is 2. The molecule has 1 atom stereocenters. The topological polar surface area (TPSA) is 50.4 Å². The summed E-state index contributed by atoms with van der Waals surface area (Å²) < 4.78 is 5.71. The number of hydrogen-bond donors (Lipinski definition) is 2. The van der Waals surface area contributed by atoms with E-state index in [9.17, 15) is 4.79 Å². The van der Waals surface area contributed by atoms with Crippen LogP contribution in [-0.4, -0.2) is 20.0 Å². The number of rotatable bonds is 5. The highest BCUT2D eigenvalue weighted by atomic mass is 16.5. The highest BCUT2D eigenvalue weighted by Gasteiger charge is 2.16. The van der Waals surface area contributed by atoms with Crippen molar-refractivity contribution in [1.82, 2.24) is 10.6 Å². The molecule has 2 rings (SSSR count). The van der Waals surface area contributed by atoms with Crippen LogP contribution >= 0.6 is 0 Å². The molecule has 1 unspecified atom stereocenters. The molecule has 0 heterocycles. The summed E-state index contributed by atoms with van der Waals surface area (Å²) >= 11 is 0. The van der Waals surface area contributed by atoms with E-state index in [1.807, 2.05) is 54.6 Å². The molecule has 4 heteroatoms. The molecule has 0 radical (unpaired) electrons. The molecular formula is C16H18N2O2. The molecule has 0 fully saturated rings. The Morgan fingerprint density at radius 2 is 1.55 bits per heavy atom. The number of para-hydroxylation sites is 1. The average Bonchev–Trinajstić information content (AvgIpc) is 2.50. The van der Waals surface area contributed by atoms with Gasteiger partial charge in [0.25, 0.3) is 0 Å². The van der Waals surface area contributed by atoms with Crippen molar-refractivity contribution in [3.63, 3.8) is 0 Å². The Kier molecular flexibility index (Phi) is 4.74.